The number of rotatable bonds is 12. The summed E-state index contributed by atoms with van der Waals surface area (Å²) in [5.74, 6) is -1.31. The van der Waals surface area contributed by atoms with Gasteiger partial charge >= 0.3 is 0 Å². The van der Waals surface area contributed by atoms with Crippen molar-refractivity contribution in [3.63, 3.8) is 0 Å². The van der Waals surface area contributed by atoms with Gasteiger partial charge in [0.15, 0.2) is 9.84 Å². The Morgan fingerprint density at radius 3 is 2.20 bits per heavy atom. The van der Waals surface area contributed by atoms with Gasteiger partial charge in [0, 0.05) is 31.7 Å². The number of hydrogen-bond acceptors (Lipinski definition) is 5. The molecule has 3 aromatic carbocycles. The molecular weight excluding hydrogens is 577 g/mol. The summed E-state index contributed by atoms with van der Waals surface area (Å²) in [6.07, 6.45) is 2.11. The van der Waals surface area contributed by atoms with Gasteiger partial charge in [-0.1, -0.05) is 68.4 Å². The van der Waals surface area contributed by atoms with E-state index in [1.165, 1.54) is 12.1 Å². The van der Waals surface area contributed by atoms with E-state index in [0.717, 1.165) is 29.7 Å². The van der Waals surface area contributed by atoms with Crippen molar-refractivity contribution in [1.29, 1.82) is 0 Å². The molecule has 9 heteroatoms. The highest BCUT2D eigenvalue weighted by molar-refractivity contribution is 7.91. The Hall–Kier alpha value is -3.56. The normalized spacial score (nSPS) is 21.1. The second-order valence-corrected chi connectivity index (χ2v) is 14.6. The number of benzene rings is 3. The predicted octanol–water partition coefficient (Wildman–Crippen LogP) is 5.14. The number of amides is 2. The van der Waals surface area contributed by atoms with Gasteiger partial charge in [-0.3, -0.25) is 9.59 Å². The maximum absolute atomic E-state index is 13.6. The maximum atomic E-state index is 13.6. The lowest BCUT2D eigenvalue weighted by molar-refractivity contribution is -0.134. The first kappa shape index (κ1) is 31.9. The van der Waals surface area contributed by atoms with E-state index < -0.39 is 27.5 Å². The summed E-state index contributed by atoms with van der Waals surface area (Å²) in [6.45, 7) is 7.51. The number of nitrogens with zero attached hydrogens (tertiary/aromatic N) is 2. The highest BCUT2D eigenvalue weighted by Crippen LogP contribution is 2.61. The molecule has 2 amide bonds. The molecule has 1 saturated heterocycles. The van der Waals surface area contributed by atoms with Crippen molar-refractivity contribution in [1.82, 2.24) is 15.1 Å². The average molecular weight is 620 g/mol. The highest BCUT2D eigenvalue weighted by Gasteiger charge is 2.50. The molecule has 5 rings (SSSR count). The van der Waals surface area contributed by atoms with Crippen LogP contribution in [0.25, 0.3) is 11.1 Å². The van der Waals surface area contributed by atoms with Crippen LogP contribution in [0.4, 0.5) is 4.39 Å². The van der Waals surface area contributed by atoms with Gasteiger partial charge in [0.05, 0.1) is 11.5 Å². The molecule has 1 aliphatic carbocycles. The Balaban J connectivity index is 1.23. The topological polar surface area (TPSA) is 86.8 Å². The van der Waals surface area contributed by atoms with Crippen molar-refractivity contribution in [2.75, 3.05) is 44.2 Å². The van der Waals surface area contributed by atoms with E-state index in [1.54, 1.807) is 29.2 Å². The number of halogens is 1. The SMILES string of the molecule is CCN1CCN(C(=O)[C@H](CS(=O)(=O)CCCC2(C)C[C@H]2c2ccc(F)cc2)NC(=O)c2ccc(-c3ccccc3)cc2)CC1. The molecule has 44 heavy (non-hydrogen) atoms. The summed E-state index contributed by atoms with van der Waals surface area (Å²) < 4.78 is 40.1. The van der Waals surface area contributed by atoms with Crippen LogP contribution in [0.5, 0.6) is 0 Å². The third-order valence-electron chi connectivity index (χ3n) is 9.24. The summed E-state index contributed by atoms with van der Waals surface area (Å²) in [7, 11) is -3.66. The second-order valence-electron chi connectivity index (χ2n) is 12.4. The molecule has 0 radical (unpaired) electrons. The minimum atomic E-state index is -3.66. The van der Waals surface area contributed by atoms with Crippen LogP contribution in [0.1, 0.15) is 54.9 Å². The highest BCUT2D eigenvalue weighted by atomic mass is 32.2. The van der Waals surface area contributed by atoms with Crippen LogP contribution in [0, 0.1) is 11.2 Å². The van der Waals surface area contributed by atoms with Crippen LogP contribution in [0.3, 0.4) is 0 Å². The zero-order valence-electron chi connectivity index (χ0n) is 25.5. The van der Waals surface area contributed by atoms with Gasteiger partial charge < -0.3 is 15.1 Å². The van der Waals surface area contributed by atoms with Gasteiger partial charge in [-0.25, -0.2) is 12.8 Å². The average Bonchev–Trinajstić information content (AvgIpc) is 3.71. The molecule has 2 fully saturated rings. The molecule has 3 aromatic rings. The summed E-state index contributed by atoms with van der Waals surface area (Å²) in [5.41, 5.74) is 3.39. The Kier molecular flexibility index (Phi) is 9.85. The van der Waals surface area contributed by atoms with Crippen LogP contribution in [0.15, 0.2) is 78.9 Å². The van der Waals surface area contributed by atoms with Crippen molar-refractivity contribution < 1.29 is 22.4 Å². The van der Waals surface area contributed by atoms with Crippen molar-refractivity contribution in [3.8, 4) is 11.1 Å². The Morgan fingerprint density at radius 1 is 0.932 bits per heavy atom. The molecule has 234 valence electrons. The third kappa shape index (κ3) is 7.93. The van der Waals surface area contributed by atoms with E-state index in [9.17, 15) is 22.4 Å². The monoisotopic (exact) mass is 619 g/mol. The molecule has 1 aliphatic heterocycles. The molecule has 0 spiro atoms. The Labute approximate surface area is 260 Å². The molecule has 1 saturated carbocycles. The van der Waals surface area contributed by atoms with E-state index in [0.29, 0.717) is 44.6 Å². The number of hydrogen-bond donors (Lipinski definition) is 1. The summed E-state index contributed by atoms with van der Waals surface area (Å²) >= 11 is 0. The molecule has 3 atom stereocenters. The smallest absolute Gasteiger partial charge is 0.251 e. The zero-order chi connectivity index (χ0) is 31.3. The first-order valence-corrected chi connectivity index (χ1v) is 17.3. The maximum Gasteiger partial charge on any atom is 0.251 e. The molecule has 1 heterocycles. The fraction of sp³-hybridized carbons (Fsp3) is 0.429. The van der Waals surface area contributed by atoms with Crippen LogP contribution in [-0.2, 0) is 14.6 Å². The Bertz CT molecular complexity index is 1540. The molecule has 1 N–H and O–H groups in total. The first-order chi connectivity index (χ1) is 21.1. The molecule has 0 aromatic heterocycles. The van der Waals surface area contributed by atoms with Crippen LogP contribution < -0.4 is 5.32 Å². The largest absolute Gasteiger partial charge is 0.339 e. The standard InChI is InChI=1S/C35H42FN3O4S/c1-3-38-19-21-39(22-20-38)34(41)32(37-33(40)29-12-10-27(11-13-29)26-8-5-4-6-9-26)25-44(42,43)23-7-18-35(2)24-31(35)28-14-16-30(36)17-15-28/h4-6,8-17,31-32H,3,7,18-25H2,1-2H3,(H,37,40)/t31-,32-,35?/m0/s1. The predicted molar refractivity (Wildman–Crippen MR) is 172 cm³/mol. The van der Waals surface area contributed by atoms with Gasteiger partial charge in [-0.05, 0) is 78.1 Å². The number of sulfone groups is 1. The lowest BCUT2D eigenvalue weighted by Gasteiger charge is -2.36. The molecule has 1 unspecified atom stereocenters. The van der Waals surface area contributed by atoms with Gasteiger partial charge in [0.1, 0.15) is 11.9 Å². The summed E-state index contributed by atoms with van der Waals surface area (Å²) in [4.78, 5) is 30.9. The number of carbonyl (C=O) groups is 2. The fourth-order valence-corrected chi connectivity index (χ4v) is 7.78. The number of carbonyl (C=O) groups excluding carboxylic acids is 2. The number of piperazine rings is 1. The van der Waals surface area contributed by atoms with Gasteiger partial charge in [-0.15, -0.1) is 0 Å². The summed E-state index contributed by atoms with van der Waals surface area (Å²) in [5, 5.41) is 2.77. The van der Waals surface area contributed by atoms with Crippen molar-refractivity contribution in [2.24, 2.45) is 5.41 Å². The number of nitrogens with one attached hydrogen (secondary N) is 1. The molecule has 0 bridgehead atoms. The van der Waals surface area contributed by atoms with E-state index in [1.807, 2.05) is 42.5 Å². The summed E-state index contributed by atoms with van der Waals surface area (Å²) in [6, 6.07) is 22.2. The van der Waals surface area contributed by atoms with Crippen molar-refractivity contribution in [3.05, 3.63) is 95.8 Å². The number of likely N-dealkylation sites (N-methyl/N-ethyl adjacent to an activating group) is 1. The fourth-order valence-electron chi connectivity index (χ4n) is 6.30. The van der Waals surface area contributed by atoms with Crippen LogP contribution >= 0.6 is 0 Å². The Morgan fingerprint density at radius 2 is 1.57 bits per heavy atom. The molecule has 2 aliphatic rings. The van der Waals surface area contributed by atoms with Gasteiger partial charge in [0.25, 0.3) is 5.91 Å². The van der Waals surface area contributed by atoms with Crippen LogP contribution in [-0.4, -0.2) is 80.3 Å². The van der Waals surface area contributed by atoms with E-state index in [4.69, 9.17) is 0 Å². The van der Waals surface area contributed by atoms with E-state index in [2.05, 4.69) is 24.1 Å². The van der Waals surface area contributed by atoms with Crippen molar-refractivity contribution >= 4 is 21.7 Å². The van der Waals surface area contributed by atoms with E-state index in [-0.39, 0.29) is 28.8 Å². The quantitative estimate of drug-likeness (QED) is 0.303. The minimum absolute atomic E-state index is 0.0261. The van der Waals surface area contributed by atoms with Gasteiger partial charge in [-0.2, -0.15) is 0 Å². The first-order valence-electron chi connectivity index (χ1n) is 15.5. The van der Waals surface area contributed by atoms with Crippen molar-refractivity contribution in [2.45, 2.75) is 45.1 Å². The lowest BCUT2D eigenvalue weighted by Crippen LogP contribution is -2.56. The minimum Gasteiger partial charge on any atom is -0.339 e. The molecular formula is C35H42FN3O4S. The third-order valence-corrected chi connectivity index (χ3v) is 11.0. The zero-order valence-corrected chi connectivity index (χ0v) is 26.4. The van der Waals surface area contributed by atoms with Gasteiger partial charge in [0.2, 0.25) is 5.91 Å². The molecule has 7 nitrogen and oxygen atoms in total. The van der Waals surface area contributed by atoms with Crippen LogP contribution in [0.2, 0.25) is 0 Å². The van der Waals surface area contributed by atoms with E-state index >= 15 is 0 Å². The lowest BCUT2D eigenvalue weighted by atomic mass is 9.96. The second kappa shape index (κ2) is 13.6.